The summed E-state index contributed by atoms with van der Waals surface area (Å²) < 4.78 is 10.8. The average molecular weight is 414 g/mol. The summed E-state index contributed by atoms with van der Waals surface area (Å²) in [5, 5.41) is 3.00. The lowest BCUT2D eigenvalue weighted by atomic mass is 10.2. The molecule has 0 saturated carbocycles. The van der Waals surface area contributed by atoms with Crippen LogP contribution in [0.15, 0.2) is 42.7 Å². The fourth-order valence-corrected chi connectivity index (χ4v) is 3.34. The zero-order chi connectivity index (χ0) is 21.0. The maximum atomic E-state index is 12.0. The van der Waals surface area contributed by atoms with Gasteiger partial charge in [-0.2, -0.15) is 0 Å². The Balaban J connectivity index is 1.20. The van der Waals surface area contributed by atoms with Gasteiger partial charge in [-0.05, 0) is 49.7 Å². The molecule has 1 saturated heterocycles. The highest BCUT2D eigenvalue weighted by atomic mass is 16.5. The molecule has 1 amide bonds. The Morgan fingerprint density at radius 2 is 1.73 bits per heavy atom. The highest BCUT2D eigenvalue weighted by molar-refractivity contribution is 5.75. The third-order valence-electron chi connectivity index (χ3n) is 5.06. The van der Waals surface area contributed by atoms with Gasteiger partial charge in [-0.1, -0.05) is 0 Å². The molecule has 1 aliphatic rings. The van der Waals surface area contributed by atoms with Gasteiger partial charge < -0.3 is 19.7 Å². The Hall–Kier alpha value is -2.87. The third-order valence-corrected chi connectivity index (χ3v) is 5.06. The SMILES string of the molecule is COc1ccc(OCCCC(=O)NCCCN2CCN(c3ncccn3)CC2)cc1. The van der Waals surface area contributed by atoms with Gasteiger partial charge in [-0.3, -0.25) is 9.69 Å². The molecule has 0 unspecified atom stereocenters. The quantitative estimate of drug-likeness (QED) is 0.564. The molecule has 0 aliphatic carbocycles. The molecule has 2 heterocycles. The van der Waals surface area contributed by atoms with Crippen molar-refractivity contribution in [3.63, 3.8) is 0 Å². The van der Waals surface area contributed by atoms with Crippen LogP contribution in [-0.2, 0) is 4.79 Å². The number of nitrogens with one attached hydrogen (secondary N) is 1. The first kappa shape index (κ1) is 21.8. The van der Waals surface area contributed by atoms with E-state index in [2.05, 4.69) is 25.1 Å². The molecule has 0 spiro atoms. The summed E-state index contributed by atoms with van der Waals surface area (Å²) in [6, 6.07) is 9.29. The number of nitrogens with zero attached hydrogens (tertiary/aromatic N) is 4. The van der Waals surface area contributed by atoms with Crippen LogP contribution in [0.2, 0.25) is 0 Å². The van der Waals surface area contributed by atoms with Crippen molar-refractivity contribution in [1.29, 1.82) is 0 Å². The predicted octanol–water partition coefficient (Wildman–Crippen LogP) is 1.97. The molecule has 162 valence electrons. The van der Waals surface area contributed by atoms with Gasteiger partial charge in [0, 0.05) is 51.5 Å². The molecule has 8 nitrogen and oxygen atoms in total. The van der Waals surface area contributed by atoms with E-state index >= 15 is 0 Å². The molecule has 3 rings (SSSR count). The Morgan fingerprint density at radius 1 is 1.03 bits per heavy atom. The summed E-state index contributed by atoms with van der Waals surface area (Å²) >= 11 is 0. The van der Waals surface area contributed by atoms with E-state index in [0.717, 1.165) is 56.6 Å². The van der Waals surface area contributed by atoms with Gasteiger partial charge in [0.05, 0.1) is 13.7 Å². The Kier molecular flexibility index (Phi) is 8.71. The van der Waals surface area contributed by atoms with Crippen LogP contribution < -0.4 is 19.7 Å². The minimum absolute atomic E-state index is 0.0828. The first-order chi connectivity index (χ1) is 14.7. The van der Waals surface area contributed by atoms with Gasteiger partial charge in [-0.25, -0.2) is 9.97 Å². The van der Waals surface area contributed by atoms with Crippen LogP contribution in [0.25, 0.3) is 0 Å². The van der Waals surface area contributed by atoms with Gasteiger partial charge in [0.2, 0.25) is 11.9 Å². The van der Waals surface area contributed by atoms with E-state index in [9.17, 15) is 4.79 Å². The van der Waals surface area contributed by atoms with Crippen molar-refractivity contribution in [3.8, 4) is 11.5 Å². The van der Waals surface area contributed by atoms with Crippen LogP contribution in [0.3, 0.4) is 0 Å². The topological polar surface area (TPSA) is 79.8 Å². The Morgan fingerprint density at radius 3 is 2.43 bits per heavy atom. The second kappa shape index (κ2) is 12.0. The molecular formula is C22H31N5O3. The number of carbonyl (C=O) groups excluding carboxylic acids is 1. The van der Waals surface area contributed by atoms with Gasteiger partial charge in [-0.15, -0.1) is 0 Å². The van der Waals surface area contributed by atoms with E-state index in [1.165, 1.54) is 0 Å². The minimum Gasteiger partial charge on any atom is -0.497 e. The molecule has 0 bridgehead atoms. The predicted molar refractivity (Wildman–Crippen MR) is 116 cm³/mol. The second-order valence-electron chi connectivity index (χ2n) is 7.21. The molecule has 1 fully saturated rings. The number of carbonyl (C=O) groups is 1. The van der Waals surface area contributed by atoms with Crippen LogP contribution in [0.5, 0.6) is 11.5 Å². The lowest BCUT2D eigenvalue weighted by molar-refractivity contribution is -0.121. The summed E-state index contributed by atoms with van der Waals surface area (Å²) in [6.45, 7) is 6.08. The van der Waals surface area contributed by atoms with Crippen molar-refractivity contribution in [1.82, 2.24) is 20.2 Å². The Labute approximate surface area is 178 Å². The number of methoxy groups -OCH3 is 1. The van der Waals surface area contributed by atoms with Crippen LogP contribution in [0, 0.1) is 0 Å². The second-order valence-corrected chi connectivity index (χ2v) is 7.21. The summed E-state index contributed by atoms with van der Waals surface area (Å²) in [6.07, 6.45) is 5.69. The number of aromatic nitrogens is 2. The molecular weight excluding hydrogens is 382 g/mol. The van der Waals surface area contributed by atoms with Crippen molar-refractivity contribution < 1.29 is 14.3 Å². The van der Waals surface area contributed by atoms with Crippen LogP contribution in [0.1, 0.15) is 19.3 Å². The van der Waals surface area contributed by atoms with Gasteiger partial charge in [0.25, 0.3) is 0 Å². The highest BCUT2D eigenvalue weighted by Crippen LogP contribution is 2.17. The monoisotopic (exact) mass is 413 g/mol. The lowest BCUT2D eigenvalue weighted by Gasteiger charge is -2.34. The largest absolute Gasteiger partial charge is 0.497 e. The molecule has 1 aromatic heterocycles. The summed E-state index contributed by atoms with van der Waals surface area (Å²) in [5.41, 5.74) is 0. The maximum absolute atomic E-state index is 12.0. The van der Waals surface area contributed by atoms with Crippen LogP contribution in [0.4, 0.5) is 5.95 Å². The number of anilines is 1. The fraction of sp³-hybridized carbons (Fsp3) is 0.500. The molecule has 8 heteroatoms. The van der Waals surface area contributed by atoms with Gasteiger partial charge >= 0.3 is 0 Å². The number of ether oxygens (including phenoxy) is 2. The van der Waals surface area contributed by atoms with E-state index in [0.29, 0.717) is 26.0 Å². The van der Waals surface area contributed by atoms with Crippen molar-refractivity contribution in [2.45, 2.75) is 19.3 Å². The number of hydrogen-bond donors (Lipinski definition) is 1. The highest BCUT2D eigenvalue weighted by Gasteiger charge is 2.18. The van der Waals surface area contributed by atoms with E-state index in [4.69, 9.17) is 9.47 Å². The van der Waals surface area contributed by atoms with Crippen LogP contribution in [-0.4, -0.2) is 73.8 Å². The van der Waals surface area contributed by atoms with E-state index in [1.807, 2.05) is 30.3 Å². The molecule has 0 atom stereocenters. The van der Waals surface area contributed by atoms with Crippen molar-refractivity contribution in [2.24, 2.45) is 0 Å². The first-order valence-electron chi connectivity index (χ1n) is 10.5. The van der Waals surface area contributed by atoms with E-state index in [1.54, 1.807) is 19.5 Å². The fourth-order valence-electron chi connectivity index (χ4n) is 3.34. The number of rotatable bonds is 11. The Bertz CT molecular complexity index is 749. The van der Waals surface area contributed by atoms with Crippen molar-refractivity contribution in [2.75, 3.05) is 57.9 Å². The average Bonchev–Trinajstić information content (AvgIpc) is 2.81. The van der Waals surface area contributed by atoms with Crippen LogP contribution >= 0.6 is 0 Å². The zero-order valence-corrected chi connectivity index (χ0v) is 17.6. The number of benzene rings is 1. The summed E-state index contributed by atoms with van der Waals surface area (Å²) in [7, 11) is 1.63. The minimum atomic E-state index is 0.0828. The molecule has 30 heavy (non-hydrogen) atoms. The van der Waals surface area contributed by atoms with Crippen molar-refractivity contribution in [3.05, 3.63) is 42.7 Å². The standard InChI is InChI=1S/C22H31N5O3/c1-29-19-6-8-20(9-7-19)30-18-2-5-21(28)23-12-4-13-26-14-16-27(17-15-26)22-24-10-3-11-25-22/h3,6-11H,2,4-5,12-18H2,1H3,(H,23,28). The molecule has 0 radical (unpaired) electrons. The van der Waals surface area contributed by atoms with Crippen molar-refractivity contribution >= 4 is 11.9 Å². The number of amides is 1. The molecule has 1 aliphatic heterocycles. The zero-order valence-electron chi connectivity index (χ0n) is 17.6. The molecule has 1 aromatic carbocycles. The number of hydrogen-bond acceptors (Lipinski definition) is 7. The maximum Gasteiger partial charge on any atom is 0.225 e. The molecule has 1 N–H and O–H groups in total. The lowest BCUT2D eigenvalue weighted by Crippen LogP contribution is -2.47. The summed E-state index contributed by atoms with van der Waals surface area (Å²) in [5.74, 6) is 2.48. The smallest absolute Gasteiger partial charge is 0.225 e. The van der Waals surface area contributed by atoms with Gasteiger partial charge in [0.15, 0.2) is 0 Å². The molecule has 2 aromatic rings. The third kappa shape index (κ3) is 7.18. The van der Waals surface area contributed by atoms with Gasteiger partial charge in [0.1, 0.15) is 11.5 Å². The first-order valence-corrected chi connectivity index (χ1v) is 10.5. The van der Waals surface area contributed by atoms with E-state index in [-0.39, 0.29) is 5.91 Å². The number of piperazine rings is 1. The summed E-state index contributed by atoms with van der Waals surface area (Å²) in [4.78, 5) is 25.2. The normalized spacial score (nSPS) is 14.4. The van der Waals surface area contributed by atoms with E-state index < -0.39 is 0 Å².